The third-order valence-electron chi connectivity index (χ3n) is 3.67. The maximum absolute atomic E-state index is 12.3. The number of para-hydroxylation sites is 1. The minimum Gasteiger partial charge on any atom is -0.374 e. The standard InChI is InChI=1S/C20H24ClN3O2/c1-13(2)12-19(25)23-16-10-8-15(9-11-16)22-14(3)20(26)24-18-7-5-4-6-17(18)21/h4-11,13-14,22H,12H2,1-3H3,(H,23,25)(H,24,26). The van der Waals surface area contributed by atoms with Crippen LogP contribution in [0.25, 0.3) is 0 Å². The third-order valence-corrected chi connectivity index (χ3v) is 4.00. The molecular formula is C20H24ClN3O2. The first kappa shape index (κ1) is 19.8. The van der Waals surface area contributed by atoms with Crippen molar-refractivity contribution in [1.82, 2.24) is 0 Å². The lowest BCUT2D eigenvalue weighted by molar-refractivity contribution is -0.117. The highest BCUT2D eigenvalue weighted by Gasteiger charge is 2.14. The Morgan fingerprint density at radius 2 is 1.54 bits per heavy atom. The summed E-state index contributed by atoms with van der Waals surface area (Å²) in [5.74, 6) is 0.119. The number of carbonyl (C=O) groups is 2. The first-order valence-corrected chi connectivity index (χ1v) is 8.95. The SMILES string of the molecule is CC(C)CC(=O)Nc1ccc(NC(C)C(=O)Nc2ccccc2Cl)cc1. The summed E-state index contributed by atoms with van der Waals surface area (Å²) < 4.78 is 0. The van der Waals surface area contributed by atoms with Gasteiger partial charge >= 0.3 is 0 Å². The molecule has 0 heterocycles. The topological polar surface area (TPSA) is 70.2 Å². The number of halogens is 1. The van der Waals surface area contributed by atoms with Gasteiger partial charge < -0.3 is 16.0 Å². The highest BCUT2D eigenvalue weighted by atomic mass is 35.5. The molecule has 2 aromatic carbocycles. The van der Waals surface area contributed by atoms with Gasteiger partial charge in [-0.3, -0.25) is 9.59 Å². The fraction of sp³-hybridized carbons (Fsp3) is 0.300. The van der Waals surface area contributed by atoms with Gasteiger partial charge in [0.15, 0.2) is 0 Å². The van der Waals surface area contributed by atoms with E-state index in [2.05, 4.69) is 16.0 Å². The van der Waals surface area contributed by atoms with E-state index in [1.807, 2.05) is 32.0 Å². The molecule has 0 aliphatic carbocycles. The maximum Gasteiger partial charge on any atom is 0.246 e. The zero-order chi connectivity index (χ0) is 19.1. The van der Waals surface area contributed by atoms with Gasteiger partial charge in [0.05, 0.1) is 10.7 Å². The molecule has 0 saturated heterocycles. The number of amides is 2. The van der Waals surface area contributed by atoms with Gasteiger partial charge in [-0.05, 0) is 49.2 Å². The van der Waals surface area contributed by atoms with E-state index in [0.29, 0.717) is 23.0 Å². The summed E-state index contributed by atoms with van der Waals surface area (Å²) in [6, 6.07) is 13.9. The van der Waals surface area contributed by atoms with E-state index in [1.165, 1.54) is 0 Å². The fourth-order valence-electron chi connectivity index (χ4n) is 2.35. The van der Waals surface area contributed by atoms with Crippen molar-refractivity contribution in [2.75, 3.05) is 16.0 Å². The monoisotopic (exact) mass is 373 g/mol. The average molecular weight is 374 g/mol. The van der Waals surface area contributed by atoms with Gasteiger partial charge in [-0.2, -0.15) is 0 Å². The summed E-state index contributed by atoms with van der Waals surface area (Å²) in [6.45, 7) is 5.77. The van der Waals surface area contributed by atoms with E-state index in [0.717, 1.165) is 11.4 Å². The molecule has 2 amide bonds. The van der Waals surface area contributed by atoms with E-state index < -0.39 is 6.04 Å². The lowest BCUT2D eigenvalue weighted by atomic mass is 10.1. The maximum atomic E-state index is 12.3. The van der Waals surface area contributed by atoms with Crippen LogP contribution in [0.2, 0.25) is 5.02 Å². The third kappa shape index (κ3) is 6.08. The molecular weight excluding hydrogens is 350 g/mol. The van der Waals surface area contributed by atoms with Crippen molar-refractivity contribution in [1.29, 1.82) is 0 Å². The van der Waals surface area contributed by atoms with Gasteiger partial charge in [-0.25, -0.2) is 0 Å². The van der Waals surface area contributed by atoms with Crippen LogP contribution in [0.4, 0.5) is 17.1 Å². The molecule has 0 aliphatic heterocycles. The number of rotatable bonds is 7. The Morgan fingerprint density at radius 1 is 0.923 bits per heavy atom. The number of benzene rings is 2. The molecule has 0 aliphatic rings. The van der Waals surface area contributed by atoms with Crippen LogP contribution in [0.5, 0.6) is 0 Å². The van der Waals surface area contributed by atoms with Crippen LogP contribution in [-0.2, 0) is 9.59 Å². The molecule has 0 saturated carbocycles. The van der Waals surface area contributed by atoms with Gasteiger partial charge in [-0.1, -0.05) is 37.6 Å². The molecule has 2 rings (SSSR count). The molecule has 0 bridgehead atoms. The molecule has 0 radical (unpaired) electrons. The highest BCUT2D eigenvalue weighted by Crippen LogP contribution is 2.21. The Morgan fingerprint density at radius 3 is 2.15 bits per heavy atom. The van der Waals surface area contributed by atoms with Crippen LogP contribution >= 0.6 is 11.6 Å². The predicted molar refractivity (Wildman–Crippen MR) is 108 cm³/mol. The summed E-state index contributed by atoms with van der Waals surface area (Å²) in [5.41, 5.74) is 2.10. The van der Waals surface area contributed by atoms with Gasteiger partial charge in [0.2, 0.25) is 11.8 Å². The molecule has 1 atom stereocenters. The first-order valence-electron chi connectivity index (χ1n) is 8.57. The summed E-state index contributed by atoms with van der Waals surface area (Å²) in [5, 5.41) is 9.27. The Kier molecular flexibility index (Phi) is 7.04. The molecule has 3 N–H and O–H groups in total. The lowest BCUT2D eigenvalue weighted by Gasteiger charge is -2.16. The average Bonchev–Trinajstić information content (AvgIpc) is 2.57. The Labute approximate surface area is 159 Å². The Balaban J connectivity index is 1.90. The van der Waals surface area contributed by atoms with Crippen LogP contribution < -0.4 is 16.0 Å². The van der Waals surface area contributed by atoms with Crippen molar-refractivity contribution >= 4 is 40.5 Å². The van der Waals surface area contributed by atoms with E-state index >= 15 is 0 Å². The molecule has 1 unspecified atom stereocenters. The molecule has 0 spiro atoms. The van der Waals surface area contributed by atoms with Crippen molar-refractivity contribution in [3.8, 4) is 0 Å². The van der Waals surface area contributed by atoms with Crippen LogP contribution in [0.1, 0.15) is 27.2 Å². The normalized spacial score (nSPS) is 11.7. The minimum absolute atomic E-state index is 0.00630. The Bertz CT molecular complexity index is 760. The second kappa shape index (κ2) is 9.25. The molecule has 0 aromatic heterocycles. The lowest BCUT2D eigenvalue weighted by Crippen LogP contribution is -2.31. The second-order valence-electron chi connectivity index (χ2n) is 6.56. The summed E-state index contributed by atoms with van der Waals surface area (Å²) >= 11 is 6.05. The number of hydrogen-bond donors (Lipinski definition) is 3. The molecule has 138 valence electrons. The van der Waals surface area contributed by atoms with Gasteiger partial charge in [0, 0.05) is 17.8 Å². The van der Waals surface area contributed by atoms with E-state index in [4.69, 9.17) is 11.6 Å². The molecule has 6 heteroatoms. The fourth-order valence-corrected chi connectivity index (χ4v) is 2.53. The van der Waals surface area contributed by atoms with Crippen LogP contribution in [0, 0.1) is 5.92 Å². The second-order valence-corrected chi connectivity index (χ2v) is 6.97. The van der Waals surface area contributed by atoms with E-state index in [9.17, 15) is 9.59 Å². The van der Waals surface area contributed by atoms with E-state index in [1.54, 1.807) is 37.3 Å². The van der Waals surface area contributed by atoms with Crippen molar-refractivity contribution in [2.45, 2.75) is 33.2 Å². The van der Waals surface area contributed by atoms with Crippen molar-refractivity contribution in [3.63, 3.8) is 0 Å². The molecule has 5 nitrogen and oxygen atoms in total. The predicted octanol–water partition coefficient (Wildman–Crippen LogP) is 4.76. The van der Waals surface area contributed by atoms with Gasteiger partial charge in [0.25, 0.3) is 0 Å². The molecule has 0 fully saturated rings. The van der Waals surface area contributed by atoms with Gasteiger partial charge in [-0.15, -0.1) is 0 Å². The van der Waals surface area contributed by atoms with Gasteiger partial charge in [0.1, 0.15) is 6.04 Å². The number of carbonyl (C=O) groups excluding carboxylic acids is 2. The van der Waals surface area contributed by atoms with E-state index in [-0.39, 0.29) is 11.8 Å². The summed E-state index contributed by atoms with van der Waals surface area (Å²) in [7, 11) is 0. The zero-order valence-corrected chi connectivity index (χ0v) is 15.9. The largest absolute Gasteiger partial charge is 0.374 e. The summed E-state index contributed by atoms with van der Waals surface area (Å²) in [6.07, 6.45) is 0.485. The molecule has 26 heavy (non-hydrogen) atoms. The quantitative estimate of drug-likeness (QED) is 0.655. The van der Waals surface area contributed by atoms with Crippen LogP contribution in [-0.4, -0.2) is 17.9 Å². The van der Waals surface area contributed by atoms with Crippen molar-refractivity contribution in [3.05, 3.63) is 53.6 Å². The Hall–Kier alpha value is -2.53. The molecule has 2 aromatic rings. The number of hydrogen-bond acceptors (Lipinski definition) is 3. The van der Waals surface area contributed by atoms with Crippen molar-refractivity contribution in [2.24, 2.45) is 5.92 Å². The number of anilines is 3. The highest BCUT2D eigenvalue weighted by molar-refractivity contribution is 6.33. The van der Waals surface area contributed by atoms with Crippen LogP contribution in [0.3, 0.4) is 0 Å². The van der Waals surface area contributed by atoms with Crippen LogP contribution in [0.15, 0.2) is 48.5 Å². The zero-order valence-electron chi connectivity index (χ0n) is 15.2. The minimum atomic E-state index is -0.451. The first-order chi connectivity index (χ1) is 12.3. The van der Waals surface area contributed by atoms with Crippen molar-refractivity contribution < 1.29 is 9.59 Å². The summed E-state index contributed by atoms with van der Waals surface area (Å²) in [4.78, 5) is 24.1. The number of nitrogens with one attached hydrogen (secondary N) is 3. The smallest absolute Gasteiger partial charge is 0.246 e.